The summed E-state index contributed by atoms with van der Waals surface area (Å²) in [6.07, 6.45) is 0.633. The molecule has 0 bridgehead atoms. The molecule has 0 heterocycles. The van der Waals surface area contributed by atoms with Gasteiger partial charge in [0.1, 0.15) is 5.75 Å². The van der Waals surface area contributed by atoms with Crippen LogP contribution in [0, 0.1) is 0 Å². The standard InChI is InChI=1S/C9H13ClN2O.ClH/c10-7-3-1-2-6(9(7)13)8(12)4-5-11;/h1-3,8,13H,4-5,11-12H2;1H/t8-;/m0./s1. The number of benzene rings is 1. The highest BCUT2D eigenvalue weighted by Crippen LogP contribution is 2.31. The Labute approximate surface area is 94.5 Å². The Kier molecular flexibility index (Phi) is 5.88. The summed E-state index contributed by atoms with van der Waals surface area (Å²) in [4.78, 5) is 0. The van der Waals surface area contributed by atoms with Gasteiger partial charge in [-0.2, -0.15) is 0 Å². The Balaban J connectivity index is 0.00000169. The molecule has 0 amide bonds. The Morgan fingerprint density at radius 2 is 2.07 bits per heavy atom. The van der Waals surface area contributed by atoms with Gasteiger partial charge in [0.25, 0.3) is 0 Å². The van der Waals surface area contributed by atoms with Gasteiger partial charge in [0, 0.05) is 11.6 Å². The van der Waals surface area contributed by atoms with E-state index >= 15 is 0 Å². The highest BCUT2D eigenvalue weighted by Gasteiger charge is 2.11. The lowest BCUT2D eigenvalue weighted by Crippen LogP contribution is -2.15. The van der Waals surface area contributed by atoms with Crippen molar-refractivity contribution in [3.63, 3.8) is 0 Å². The van der Waals surface area contributed by atoms with E-state index in [1.54, 1.807) is 18.2 Å². The number of nitrogens with two attached hydrogens (primary N) is 2. The fourth-order valence-electron chi connectivity index (χ4n) is 1.17. The minimum absolute atomic E-state index is 0. The number of phenols is 1. The lowest BCUT2D eigenvalue weighted by Gasteiger charge is -2.12. The van der Waals surface area contributed by atoms with E-state index in [-0.39, 0.29) is 24.2 Å². The van der Waals surface area contributed by atoms with Crippen molar-refractivity contribution in [3.05, 3.63) is 28.8 Å². The molecule has 80 valence electrons. The number of rotatable bonds is 3. The van der Waals surface area contributed by atoms with Crippen molar-refractivity contribution in [2.75, 3.05) is 6.54 Å². The van der Waals surface area contributed by atoms with Crippen molar-refractivity contribution >= 4 is 24.0 Å². The van der Waals surface area contributed by atoms with Crippen LogP contribution in [0.25, 0.3) is 0 Å². The van der Waals surface area contributed by atoms with Crippen LogP contribution in [0.15, 0.2) is 18.2 Å². The number of phenolic OH excluding ortho intramolecular Hbond substituents is 1. The van der Waals surface area contributed by atoms with Crippen LogP contribution in [0.3, 0.4) is 0 Å². The summed E-state index contributed by atoms with van der Waals surface area (Å²) in [5.74, 6) is 0.0603. The SMILES string of the molecule is Cl.NCC[C@H](N)c1cccc(Cl)c1O. The maximum atomic E-state index is 9.54. The second kappa shape index (κ2) is 6.09. The van der Waals surface area contributed by atoms with Crippen molar-refractivity contribution in [1.29, 1.82) is 0 Å². The summed E-state index contributed by atoms with van der Waals surface area (Å²) >= 11 is 5.72. The molecule has 1 aromatic carbocycles. The second-order valence-corrected chi connectivity index (χ2v) is 3.27. The predicted octanol–water partition coefficient (Wildman–Crippen LogP) is 1.82. The predicted molar refractivity (Wildman–Crippen MR) is 61.0 cm³/mol. The Bertz CT molecular complexity index is 294. The normalized spacial score (nSPS) is 11.9. The van der Waals surface area contributed by atoms with Gasteiger partial charge in [-0.15, -0.1) is 12.4 Å². The van der Waals surface area contributed by atoms with E-state index in [1.807, 2.05) is 0 Å². The summed E-state index contributed by atoms with van der Waals surface area (Å²) in [6.45, 7) is 0.493. The van der Waals surface area contributed by atoms with Crippen LogP contribution in [-0.4, -0.2) is 11.7 Å². The van der Waals surface area contributed by atoms with Gasteiger partial charge in [0.05, 0.1) is 5.02 Å². The molecule has 0 saturated carbocycles. The summed E-state index contributed by atoms with van der Waals surface area (Å²) in [7, 11) is 0. The molecule has 1 atom stereocenters. The summed E-state index contributed by atoms with van der Waals surface area (Å²) in [5, 5.41) is 9.87. The van der Waals surface area contributed by atoms with Crippen molar-refractivity contribution in [2.24, 2.45) is 11.5 Å². The molecule has 14 heavy (non-hydrogen) atoms. The van der Waals surface area contributed by atoms with Gasteiger partial charge in [0.2, 0.25) is 0 Å². The third-order valence-corrected chi connectivity index (χ3v) is 2.20. The van der Waals surface area contributed by atoms with E-state index in [0.29, 0.717) is 23.6 Å². The third kappa shape index (κ3) is 3.03. The molecule has 5 heteroatoms. The maximum Gasteiger partial charge on any atom is 0.138 e. The van der Waals surface area contributed by atoms with Crippen molar-refractivity contribution in [1.82, 2.24) is 0 Å². The highest BCUT2D eigenvalue weighted by molar-refractivity contribution is 6.32. The molecule has 0 aliphatic carbocycles. The molecule has 0 spiro atoms. The summed E-state index contributed by atoms with van der Waals surface area (Å²) < 4.78 is 0. The molecule has 0 saturated heterocycles. The molecule has 0 radical (unpaired) electrons. The van der Waals surface area contributed by atoms with Gasteiger partial charge >= 0.3 is 0 Å². The average molecular weight is 237 g/mol. The van der Waals surface area contributed by atoms with Gasteiger partial charge in [-0.1, -0.05) is 23.7 Å². The molecule has 3 nitrogen and oxygen atoms in total. The molecule has 1 aromatic rings. The number of aromatic hydroxyl groups is 1. The van der Waals surface area contributed by atoms with Crippen LogP contribution < -0.4 is 11.5 Å². The quantitative estimate of drug-likeness (QED) is 0.750. The molecular formula is C9H14Cl2N2O. The zero-order chi connectivity index (χ0) is 9.84. The zero-order valence-electron chi connectivity index (χ0n) is 7.61. The smallest absolute Gasteiger partial charge is 0.138 e. The Morgan fingerprint density at radius 1 is 1.43 bits per heavy atom. The van der Waals surface area contributed by atoms with Crippen LogP contribution in [0.2, 0.25) is 5.02 Å². The zero-order valence-corrected chi connectivity index (χ0v) is 9.18. The topological polar surface area (TPSA) is 72.3 Å². The Hall–Kier alpha value is -0.480. The van der Waals surface area contributed by atoms with E-state index in [1.165, 1.54) is 0 Å². The van der Waals surface area contributed by atoms with Gasteiger partial charge in [-0.05, 0) is 19.0 Å². The summed E-state index contributed by atoms with van der Waals surface area (Å²) in [5.41, 5.74) is 11.8. The first kappa shape index (κ1) is 13.5. The number of halogens is 2. The van der Waals surface area contributed by atoms with Gasteiger partial charge < -0.3 is 16.6 Å². The number of hydrogen-bond donors (Lipinski definition) is 3. The first-order chi connectivity index (χ1) is 6.16. The average Bonchev–Trinajstić information content (AvgIpc) is 2.10. The highest BCUT2D eigenvalue weighted by atomic mass is 35.5. The molecule has 0 unspecified atom stereocenters. The first-order valence-corrected chi connectivity index (χ1v) is 4.47. The summed E-state index contributed by atoms with van der Waals surface area (Å²) in [6, 6.07) is 4.88. The molecule has 5 N–H and O–H groups in total. The minimum atomic E-state index is -0.247. The molecule has 1 rings (SSSR count). The lowest BCUT2D eigenvalue weighted by atomic mass is 10.0. The fourth-order valence-corrected chi connectivity index (χ4v) is 1.35. The van der Waals surface area contributed by atoms with Crippen LogP contribution in [0.5, 0.6) is 5.75 Å². The van der Waals surface area contributed by atoms with E-state index in [9.17, 15) is 5.11 Å². The second-order valence-electron chi connectivity index (χ2n) is 2.86. The fraction of sp³-hybridized carbons (Fsp3) is 0.333. The molecular weight excluding hydrogens is 223 g/mol. The van der Waals surface area contributed by atoms with E-state index in [0.717, 1.165) is 0 Å². The minimum Gasteiger partial charge on any atom is -0.506 e. The van der Waals surface area contributed by atoms with Crippen LogP contribution in [0.1, 0.15) is 18.0 Å². The van der Waals surface area contributed by atoms with Crippen molar-refractivity contribution in [3.8, 4) is 5.75 Å². The van der Waals surface area contributed by atoms with Crippen molar-refractivity contribution in [2.45, 2.75) is 12.5 Å². The Morgan fingerprint density at radius 3 is 2.64 bits per heavy atom. The van der Waals surface area contributed by atoms with E-state index < -0.39 is 0 Å². The van der Waals surface area contributed by atoms with Gasteiger partial charge in [-0.3, -0.25) is 0 Å². The lowest BCUT2D eigenvalue weighted by molar-refractivity contribution is 0.459. The molecule has 0 aliphatic rings. The van der Waals surface area contributed by atoms with E-state index in [2.05, 4.69) is 0 Å². The van der Waals surface area contributed by atoms with Gasteiger partial charge in [-0.25, -0.2) is 0 Å². The van der Waals surface area contributed by atoms with Gasteiger partial charge in [0.15, 0.2) is 0 Å². The van der Waals surface area contributed by atoms with Crippen LogP contribution in [0.4, 0.5) is 0 Å². The molecule has 0 fully saturated rings. The third-order valence-electron chi connectivity index (χ3n) is 1.90. The van der Waals surface area contributed by atoms with Crippen molar-refractivity contribution < 1.29 is 5.11 Å². The number of para-hydroxylation sites is 1. The number of hydrogen-bond acceptors (Lipinski definition) is 3. The molecule has 0 aliphatic heterocycles. The maximum absolute atomic E-state index is 9.54. The van der Waals surface area contributed by atoms with Crippen LogP contribution >= 0.6 is 24.0 Å². The largest absolute Gasteiger partial charge is 0.506 e. The first-order valence-electron chi connectivity index (χ1n) is 4.10. The van der Waals surface area contributed by atoms with Crippen LogP contribution in [-0.2, 0) is 0 Å². The monoisotopic (exact) mass is 236 g/mol. The molecule has 0 aromatic heterocycles. The van der Waals surface area contributed by atoms with E-state index in [4.69, 9.17) is 23.1 Å².